The predicted molar refractivity (Wildman–Crippen MR) is 103 cm³/mol. The molecule has 27 heavy (non-hydrogen) atoms. The number of halogens is 1. The lowest BCUT2D eigenvalue weighted by molar-refractivity contribution is 0.0459. The molecule has 0 radical (unpaired) electrons. The number of nitrogens with zero attached hydrogens (tertiary/aromatic N) is 2. The van der Waals surface area contributed by atoms with Gasteiger partial charge in [-0.05, 0) is 45.9 Å². The number of thiophene rings is 1. The molecular formula is C18H17BrN2O5S. The highest BCUT2D eigenvalue weighted by Gasteiger charge is 2.18. The Kier molecular flexibility index (Phi) is 6.46. The third-order valence-corrected chi connectivity index (χ3v) is 4.89. The summed E-state index contributed by atoms with van der Waals surface area (Å²) < 4.78 is 22.0. The minimum Gasteiger partial charge on any atom is -0.493 e. The molecule has 0 bridgehead atoms. The van der Waals surface area contributed by atoms with E-state index in [0.717, 1.165) is 11.3 Å². The molecule has 0 N–H and O–H groups in total. The number of ether oxygens (including phenoxy) is 3. The highest BCUT2D eigenvalue weighted by molar-refractivity contribution is 9.10. The monoisotopic (exact) mass is 452 g/mol. The predicted octanol–water partition coefficient (Wildman–Crippen LogP) is 4.72. The highest BCUT2D eigenvalue weighted by atomic mass is 79.9. The van der Waals surface area contributed by atoms with Crippen molar-refractivity contribution in [3.05, 3.63) is 45.5 Å². The van der Waals surface area contributed by atoms with Crippen molar-refractivity contribution in [1.29, 1.82) is 0 Å². The Morgan fingerprint density at radius 2 is 2.22 bits per heavy atom. The second kappa shape index (κ2) is 9.01. The first-order valence-corrected chi connectivity index (χ1v) is 9.83. The van der Waals surface area contributed by atoms with Gasteiger partial charge in [0.1, 0.15) is 0 Å². The van der Waals surface area contributed by atoms with Crippen LogP contribution in [0.3, 0.4) is 0 Å². The van der Waals surface area contributed by atoms with E-state index < -0.39 is 5.97 Å². The smallest absolute Gasteiger partial charge is 0.338 e. The molecule has 0 aliphatic carbocycles. The van der Waals surface area contributed by atoms with Gasteiger partial charge in [-0.3, -0.25) is 0 Å². The highest BCUT2D eigenvalue weighted by Crippen LogP contribution is 2.37. The van der Waals surface area contributed by atoms with Crippen molar-refractivity contribution < 1.29 is 23.5 Å². The molecule has 9 heteroatoms. The molecule has 0 saturated heterocycles. The van der Waals surface area contributed by atoms with Gasteiger partial charge in [-0.15, -0.1) is 11.3 Å². The molecule has 2 aromatic heterocycles. The fourth-order valence-electron chi connectivity index (χ4n) is 2.21. The number of hydrogen-bond donors (Lipinski definition) is 0. The van der Waals surface area contributed by atoms with Crippen LogP contribution in [-0.2, 0) is 11.3 Å². The Morgan fingerprint density at radius 1 is 1.37 bits per heavy atom. The molecule has 0 aliphatic rings. The van der Waals surface area contributed by atoms with E-state index in [1.165, 1.54) is 18.4 Å². The lowest BCUT2D eigenvalue weighted by Gasteiger charge is -2.13. The molecular weight excluding hydrogens is 436 g/mol. The van der Waals surface area contributed by atoms with Gasteiger partial charge in [0.2, 0.25) is 5.82 Å². The third-order valence-electron chi connectivity index (χ3n) is 3.45. The van der Waals surface area contributed by atoms with Crippen LogP contribution in [0.1, 0.15) is 29.5 Å². The number of benzene rings is 1. The molecule has 3 rings (SSSR count). The van der Waals surface area contributed by atoms with E-state index in [9.17, 15) is 4.79 Å². The molecule has 7 nitrogen and oxygen atoms in total. The van der Waals surface area contributed by atoms with Crippen LogP contribution < -0.4 is 9.47 Å². The van der Waals surface area contributed by atoms with E-state index >= 15 is 0 Å². The molecule has 0 unspecified atom stereocenters. The number of esters is 1. The molecule has 0 aliphatic heterocycles. The van der Waals surface area contributed by atoms with Crippen LogP contribution in [0, 0.1) is 0 Å². The van der Waals surface area contributed by atoms with Gasteiger partial charge < -0.3 is 18.7 Å². The zero-order valence-corrected chi connectivity index (χ0v) is 17.1. The van der Waals surface area contributed by atoms with Crippen LogP contribution in [0.4, 0.5) is 0 Å². The first kappa shape index (κ1) is 19.4. The average Bonchev–Trinajstić information content (AvgIpc) is 3.35. The maximum atomic E-state index is 12.4. The Balaban J connectivity index is 1.68. The normalized spacial score (nSPS) is 10.6. The van der Waals surface area contributed by atoms with Gasteiger partial charge in [-0.2, -0.15) is 4.98 Å². The van der Waals surface area contributed by atoms with Gasteiger partial charge in [0.25, 0.3) is 5.89 Å². The molecule has 0 amide bonds. The average molecular weight is 453 g/mol. The van der Waals surface area contributed by atoms with E-state index in [1.807, 2.05) is 24.4 Å². The van der Waals surface area contributed by atoms with Gasteiger partial charge in [0.15, 0.2) is 18.1 Å². The van der Waals surface area contributed by atoms with Crippen molar-refractivity contribution in [2.24, 2.45) is 0 Å². The zero-order valence-electron chi connectivity index (χ0n) is 14.7. The van der Waals surface area contributed by atoms with Crippen molar-refractivity contribution in [3.63, 3.8) is 0 Å². The summed E-state index contributed by atoms with van der Waals surface area (Å²) in [4.78, 5) is 17.5. The minimum atomic E-state index is -0.529. The van der Waals surface area contributed by atoms with Crippen molar-refractivity contribution in [2.45, 2.75) is 20.0 Å². The lowest BCUT2D eigenvalue weighted by Crippen LogP contribution is -2.07. The second-order valence-corrected chi connectivity index (χ2v) is 7.21. The summed E-state index contributed by atoms with van der Waals surface area (Å²) in [5.41, 5.74) is 0.324. The Hall–Kier alpha value is -2.39. The van der Waals surface area contributed by atoms with Crippen LogP contribution in [0.2, 0.25) is 0 Å². The number of carbonyl (C=O) groups excluding carboxylic acids is 1. The van der Waals surface area contributed by atoms with E-state index in [0.29, 0.717) is 39.9 Å². The Labute approximate surface area is 168 Å². The third kappa shape index (κ3) is 4.67. The first-order chi connectivity index (χ1) is 13.1. The van der Waals surface area contributed by atoms with Gasteiger partial charge in [0.05, 0.1) is 28.6 Å². The van der Waals surface area contributed by atoms with Crippen molar-refractivity contribution in [1.82, 2.24) is 10.1 Å². The zero-order chi connectivity index (χ0) is 19.2. The lowest BCUT2D eigenvalue weighted by atomic mass is 10.2. The van der Waals surface area contributed by atoms with E-state index in [4.69, 9.17) is 18.7 Å². The van der Waals surface area contributed by atoms with Crippen LogP contribution in [0.25, 0.3) is 10.8 Å². The van der Waals surface area contributed by atoms with Crippen molar-refractivity contribution in [3.8, 4) is 22.3 Å². The SMILES string of the molecule is CCCOc1c(Br)cc(C(=O)OCc2noc(-c3cccs3)n2)cc1OC. The summed E-state index contributed by atoms with van der Waals surface area (Å²) in [5, 5.41) is 5.74. The summed E-state index contributed by atoms with van der Waals surface area (Å²) in [6, 6.07) is 6.97. The van der Waals surface area contributed by atoms with E-state index in [2.05, 4.69) is 26.1 Å². The van der Waals surface area contributed by atoms with Gasteiger partial charge >= 0.3 is 5.97 Å². The maximum absolute atomic E-state index is 12.4. The summed E-state index contributed by atoms with van der Waals surface area (Å²) in [6.45, 7) is 2.46. The fourth-order valence-corrected chi connectivity index (χ4v) is 3.41. The summed E-state index contributed by atoms with van der Waals surface area (Å²) >= 11 is 4.90. The minimum absolute atomic E-state index is 0.0955. The van der Waals surface area contributed by atoms with Gasteiger partial charge in [-0.25, -0.2) is 4.79 Å². The molecule has 2 heterocycles. The summed E-state index contributed by atoms with van der Waals surface area (Å²) in [7, 11) is 1.51. The second-order valence-electron chi connectivity index (χ2n) is 5.41. The van der Waals surface area contributed by atoms with Crippen LogP contribution >= 0.6 is 27.3 Å². The number of aromatic nitrogens is 2. The van der Waals surface area contributed by atoms with E-state index in [1.54, 1.807) is 12.1 Å². The number of methoxy groups -OCH3 is 1. The molecule has 0 spiro atoms. The molecule has 3 aromatic rings. The topological polar surface area (TPSA) is 83.7 Å². The standard InChI is InChI=1S/C18H17BrN2O5S/c1-3-6-24-16-12(19)8-11(9-13(16)23-2)18(22)25-10-15-20-17(26-21-15)14-5-4-7-27-14/h4-5,7-9H,3,6,10H2,1-2H3. The number of hydrogen-bond acceptors (Lipinski definition) is 8. The Bertz CT molecular complexity index is 911. The first-order valence-electron chi connectivity index (χ1n) is 8.16. The molecule has 142 valence electrons. The fraction of sp³-hybridized carbons (Fsp3) is 0.278. The number of rotatable bonds is 8. The van der Waals surface area contributed by atoms with Gasteiger partial charge in [0, 0.05) is 0 Å². The molecule has 0 atom stereocenters. The largest absolute Gasteiger partial charge is 0.493 e. The van der Waals surface area contributed by atoms with Gasteiger partial charge in [-0.1, -0.05) is 18.1 Å². The maximum Gasteiger partial charge on any atom is 0.338 e. The molecule has 1 aromatic carbocycles. The quantitative estimate of drug-likeness (QED) is 0.457. The van der Waals surface area contributed by atoms with Crippen molar-refractivity contribution >= 4 is 33.2 Å². The van der Waals surface area contributed by atoms with Crippen LogP contribution in [0.15, 0.2) is 38.6 Å². The number of carbonyl (C=O) groups is 1. The Morgan fingerprint density at radius 3 is 2.93 bits per heavy atom. The van der Waals surface area contributed by atoms with E-state index in [-0.39, 0.29) is 6.61 Å². The van der Waals surface area contributed by atoms with Crippen LogP contribution in [0.5, 0.6) is 11.5 Å². The van der Waals surface area contributed by atoms with Crippen molar-refractivity contribution in [2.75, 3.05) is 13.7 Å². The summed E-state index contributed by atoms with van der Waals surface area (Å²) in [6.07, 6.45) is 0.859. The summed E-state index contributed by atoms with van der Waals surface area (Å²) in [5.74, 6) is 1.16. The molecule has 0 saturated carbocycles. The van der Waals surface area contributed by atoms with Crippen LogP contribution in [-0.4, -0.2) is 29.8 Å². The molecule has 0 fully saturated rings.